The van der Waals surface area contributed by atoms with Gasteiger partial charge < -0.3 is 4.74 Å². The molecule has 4 rings (SSSR count). The highest BCUT2D eigenvalue weighted by Crippen LogP contribution is 2.44. The number of halogens is 1. The van der Waals surface area contributed by atoms with Gasteiger partial charge in [-0.15, -0.1) is 0 Å². The molecule has 154 valence electrons. The Hall–Kier alpha value is -1.38. The molecule has 0 radical (unpaired) electrons. The van der Waals surface area contributed by atoms with Crippen LogP contribution in [0.5, 0.6) is 0 Å². The molecule has 1 atom stereocenters. The van der Waals surface area contributed by atoms with Crippen molar-refractivity contribution in [3.05, 3.63) is 34.6 Å². The SMILES string of the molecule is CCCC1CCC(C2CCC(C3Cc4ccc(C)c(F)c4C(=O)O3)CC2)CC1. The van der Waals surface area contributed by atoms with E-state index < -0.39 is 11.8 Å². The number of hydrogen-bond donors (Lipinski definition) is 0. The lowest BCUT2D eigenvalue weighted by molar-refractivity contribution is -0.00397. The number of ether oxygens (including phenoxy) is 1. The maximum absolute atomic E-state index is 14.3. The highest BCUT2D eigenvalue weighted by atomic mass is 19.1. The first kappa shape index (κ1) is 19.9. The standard InChI is InChI=1S/C25H35FO2/c1-3-4-17-6-9-18(10-7-17)19-11-13-20(14-12-19)22-15-21-8-5-16(2)24(26)23(21)25(27)28-22/h5,8,17-20,22H,3-4,6-7,9-15H2,1-2H3. The van der Waals surface area contributed by atoms with Gasteiger partial charge >= 0.3 is 5.97 Å². The normalized spacial score (nSPS) is 33.2. The van der Waals surface area contributed by atoms with E-state index in [9.17, 15) is 9.18 Å². The Morgan fingerprint density at radius 1 is 0.964 bits per heavy atom. The minimum atomic E-state index is -0.455. The maximum Gasteiger partial charge on any atom is 0.341 e. The topological polar surface area (TPSA) is 26.3 Å². The minimum Gasteiger partial charge on any atom is -0.458 e. The minimum absolute atomic E-state index is 0.0663. The van der Waals surface area contributed by atoms with Crippen molar-refractivity contribution < 1.29 is 13.9 Å². The summed E-state index contributed by atoms with van der Waals surface area (Å²) in [6, 6.07) is 3.71. The molecule has 0 amide bonds. The highest BCUT2D eigenvalue weighted by molar-refractivity contribution is 5.92. The van der Waals surface area contributed by atoms with E-state index in [1.165, 1.54) is 51.4 Å². The fourth-order valence-corrected chi connectivity index (χ4v) is 6.17. The van der Waals surface area contributed by atoms with Gasteiger partial charge in [-0.05, 0) is 80.2 Å². The van der Waals surface area contributed by atoms with E-state index in [1.54, 1.807) is 13.0 Å². The van der Waals surface area contributed by atoms with Crippen LogP contribution in [0, 0.1) is 36.4 Å². The van der Waals surface area contributed by atoms with Crippen LogP contribution in [0.4, 0.5) is 4.39 Å². The van der Waals surface area contributed by atoms with Gasteiger partial charge in [0.1, 0.15) is 11.9 Å². The molecule has 1 unspecified atom stereocenters. The van der Waals surface area contributed by atoms with Gasteiger partial charge in [-0.1, -0.05) is 44.7 Å². The highest BCUT2D eigenvalue weighted by Gasteiger charge is 2.38. The second-order valence-corrected chi connectivity index (χ2v) is 9.62. The van der Waals surface area contributed by atoms with Crippen LogP contribution >= 0.6 is 0 Å². The third-order valence-corrected chi connectivity index (χ3v) is 7.90. The molecular formula is C25H35FO2. The molecule has 0 saturated heterocycles. The van der Waals surface area contributed by atoms with Gasteiger partial charge in [0.25, 0.3) is 0 Å². The molecule has 2 saturated carbocycles. The number of hydrogen-bond acceptors (Lipinski definition) is 2. The molecule has 0 N–H and O–H groups in total. The van der Waals surface area contributed by atoms with Crippen LogP contribution in [0.2, 0.25) is 0 Å². The Morgan fingerprint density at radius 3 is 2.21 bits per heavy atom. The van der Waals surface area contributed by atoms with Crippen molar-refractivity contribution in [1.29, 1.82) is 0 Å². The van der Waals surface area contributed by atoms with Gasteiger partial charge in [-0.2, -0.15) is 0 Å². The lowest BCUT2D eigenvalue weighted by Gasteiger charge is -2.40. The van der Waals surface area contributed by atoms with Crippen LogP contribution < -0.4 is 0 Å². The van der Waals surface area contributed by atoms with E-state index in [2.05, 4.69) is 6.92 Å². The van der Waals surface area contributed by atoms with E-state index in [1.807, 2.05) is 6.07 Å². The number of carbonyl (C=O) groups is 1. The molecule has 0 aromatic heterocycles. The number of aryl methyl sites for hydroxylation is 1. The number of rotatable bonds is 4. The molecule has 1 aromatic carbocycles. The summed E-state index contributed by atoms with van der Waals surface area (Å²) in [5.41, 5.74) is 1.53. The molecule has 2 nitrogen and oxygen atoms in total. The first-order valence-electron chi connectivity index (χ1n) is 11.6. The maximum atomic E-state index is 14.3. The number of carbonyl (C=O) groups excluding carboxylic acids is 1. The lowest BCUT2D eigenvalue weighted by atomic mass is 9.67. The zero-order valence-electron chi connectivity index (χ0n) is 17.5. The molecule has 1 heterocycles. The zero-order valence-corrected chi connectivity index (χ0v) is 17.5. The van der Waals surface area contributed by atoms with Crippen molar-refractivity contribution in [3.8, 4) is 0 Å². The third-order valence-electron chi connectivity index (χ3n) is 7.90. The summed E-state index contributed by atoms with van der Waals surface area (Å²) in [6.45, 7) is 4.01. The van der Waals surface area contributed by atoms with Crippen LogP contribution in [0.1, 0.15) is 92.6 Å². The van der Waals surface area contributed by atoms with E-state index in [0.29, 0.717) is 17.9 Å². The van der Waals surface area contributed by atoms with Crippen molar-refractivity contribution in [2.45, 2.75) is 90.6 Å². The second-order valence-electron chi connectivity index (χ2n) is 9.62. The van der Waals surface area contributed by atoms with Gasteiger partial charge in [-0.25, -0.2) is 9.18 Å². The van der Waals surface area contributed by atoms with Crippen molar-refractivity contribution in [2.75, 3.05) is 0 Å². The number of cyclic esters (lactones) is 1. The summed E-state index contributed by atoms with van der Waals surface area (Å²) < 4.78 is 20.1. The molecule has 28 heavy (non-hydrogen) atoms. The summed E-state index contributed by atoms with van der Waals surface area (Å²) >= 11 is 0. The number of esters is 1. The van der Waals surface area contributed by atoms with Gasteiger partial charge in [0, 0.05) is 6.42 Å². The smallest absolute Gasteiger partial charge is 0.341 e. The van der Waals surface area contributed by atoms with Crippen LogP contribution in [0.15, 0.2) is 12.1 Å². The molecule has 0 spiro atoms. The molecule has 1 aromatic rings. The number of fused-ring (bicyclic) bond motifs is 1. The van der Waals surface area contributed by atoms with Crippen LogP contribution in [0.25, 0.3) is 0 Å². The first-order chi connectivity index (χ1) is 13.6. The lowest BCUT2D eigenvalue weighted by Crippen LogP contribution is -2.37. The fraction of sp³-hybridized carbons (Fsp3) is 0.720. The zero-order chi connectivity index (χ0) is 19.7. The molecule has 1 aliphatic heterocycles. The van der Waals surface area contributed by atoms with E-state index in [4.69, 9.17) is 4.74 Å². The largest absolute Gasteiger partial charge is 0.458 e. The van der Waals surface area contributed by atoms with Crippen LogP contribution in [-0.4, -0.2) is 12.1 Å². The first-order valence-corrected chi connectivity index (χ1v) is 11.6. The second kappa shape index (κ2) is 8.55. The predicted molar refractivity (Wildman–Crippen MR) is 110 cm³/mol. The Kier molecular flexibility index (Phi) is 6.08. The molecule has 2 aliphatic carbocycles. The molecular weight excluding hydrogens is 351 g/mol. The molecule has 3 aliphatic rings. The molecule has 0 bridgehead atoms. The van der Waals surface area contributed by atoms with Crippen LogP contribution in [0.3, 0.4) is 0 Å². The summed E-state index contributed by atoms with van der Waals surface area (Å²) in [6.07, 6.45) is 13.9. The van der Waals surface area contributed by atoms with Crippen molar-refractivity contribution in [1.82, 2.24) is 0 Å². The third kappa shape index (κ3) is 4.00. The van der Waals surface area contributed by atoms with Gasteiger partial charge in [0.05, 0.1) is 5.56 Å². The monoisotopic (exact) mass is 386 g/mol. The Morgan fingerprint density at radius 2 is 1.57 bits per heavy atom. The number of benzene rings is 1. The van der Waals surface area contributed by atoms with Crippen LogP contribution in [-0.2, 0) is 11.2 Å². The Labute approximate surface area is 169 Å². The van der Waals surface area contributed by atoms with Gasteiger partial charge in [0.15, 0.2) is 0 Å². The molecule has 2 fully saturated rings. The summed E-state index contributed by atoms with van der Waals surface area (Å²) in [5.74, 6) is 2.34. The average molecular weight is 387 g/mol. The van der Waals surface area contributed by atoms with Gasteiger partial charge in [-0.3, -0.25) is 0 Å². The van der Waals surface area contributed by atoms with E-state index in [0.717, 1.165) is 36.2 Å². The quantitative estimate of drug-likeness (QED) is 0.543. The van der Waals surface area contributed by atoms with Crippen molar-refractivity contribution in [3.63, 3.8) is 0 Å². The summed E-state index contributed by atoms with van der Waals surface area (Å²) in [4.78, 5) is 12.4. The van der Waals surface area contributed by atoms with Crippen molar-refractivity contribution >= 4 is 5.97 Å². The van der Waals surface area contributed by atoms with Gasteiger partial charge in [0.2, 0.25) is 0 Å². The fourth-order valence-electron chi connectivity index (χ4n) is 6.17. The Balaban J connectivity index is 1.32. The molecule has 3 heteroatoms. The van der Waals surface area contributed by atoms with E-state index >= 15 is 0 Å². The Bertz CT molecular complexity index is 697. The van der Waals surface area contributed by atoms with E-state index in [-0.39, 0.29) is 11.7 Å². The predicted octanol–water partition coefficient (Wildman–Crippen LogP) is 6.63. The summed E-state index contributed by atoms with van der Waals surface area (Å²) in [5, 5.41) is 0. The van der Waals surface area contributed by atoms with Crippen molar-refractivity contribution in [2.24, 2.45) is 23.7 Å². The summed E-state index contributed by atoms with van der Waals surface area (Å²) in [7, 11) is 0. The average Bonchev–Trinajstić information content (AvgIpc) is 2.71.